The molecule has 2 aromatic rings. The van der Waals surface area contributed by atoms with Crippen LogP contribution in [0.1, 0.15) is 26.0 Å². The van der Waals surface area contributed by atoms with Gasteiger partial charge in [-0.15, -0.1) is 0 Å². The molecule has 104 valence electrons. The molecule has 6 heteroatoms. The average Bonchev–Trinajstić information content (AvgIpc) is 2.80. The normalized spacial score (nSPS) is 11.4. The summed E-state index contributed by atoms with van der Waals surface area (Å²) >= 11 is 0. The summed E-state index contributed by atoms with van der Waals surface area (Å²) in [4.78, 5) is 10.9. The lowest BCUT2D eigenvalue weighted by atomic mass is 10.2. The Kier molecular flexibility index (Phi) is 4.31. The minimum Gasteiger partial charge on any atom is -0.356 e. The van der Waals surface area contributed by atoms with Gasteiger partial charge in [-0.1, -0.05) is 13.8 Å². The first-order valence-corrected chi connectivity index (χ1v) is 6.74. The van der Waals surface area contributed by atoms with Crippen molar-refractivity contribution in [3.05, 3.63) is 18.1 Å². The Hall–Kier alpha value is -1.69. The number of hydrogen-bond donors (Lipinski definition) is 1. The van der Waals surface area contributed by atoms with E-state index in [2.05, 4.69) is 39.9 Å². The lowest BCUT2D eigenvalue weighted by molar-refractivity contribution is 0.590. The molecule has 0 saturated carbocycles. The summed E-state index contributed by atoms with van der Waals surface area (Å²) < 4.78 is 1.80. The molecule has 0 bridgehead atoms. The van der Waals surface area contributed by atoms with E-state index < -0.39 is 0 Å². The van der Waals surface area contributed by atoms with E-state index in [4.69, 9.17) is 5.73 Å². The first-order valence-electron chi connectivity index (χ1n) is 6.74. The molecule has 0 aliphatic rings. The molecule has 2 aromatic heterocycles. The number of fused-ring (bicyclic) bond motifs is 1. The van der Waals surface area contributed by atoms with Crippen LogP contribution in [0.3, 0.4) is 0 Å². The third-order valence-corrected chi connectivity index (χ3v) is 2.90. The molecule has 0 unspecified atom stereocenters. The second kappa shape index (κ2) is 5.97. The monoisotopic (exact) mass is 262 g/mol. The highest BCUT2D eigenvalue weighted by Crippen LogP contribution is 2.17. The number of nitrogens with two attached hydrogens (primary N) is 1. The summed E-state index contributed by atoms with van der Waals surface area (Å²) in [6, 6.07) is 2.06. The molecule has 0 saturated heterocycles. The van der Waals surface area contributed by atoms with Crippen molar-refractivity contribution in [1.29, 1.82) is 0 Å². The zero-order valence-electron chi connectivity index (χ0n) is 11.9. The third kappa shape index (κ3) is 3.20. The molecule has 0 aromatic carbocycles. The molecular formula is C13H22N6. The minimum atomic E-state index is 0.574. The van der Waals surface area contributed by atoms with Gasteiger partial charge in [-0.2, -0.15) is 14.6 Å². The van der Waals surface area contributed by atoms with Crippen molar-refractivity contribution in [2.24, 2.45) is 11.7 Å². The first kappa shape index (κ1) is 13.7. The van der Waals surface area contributed by atoms with Crippen molar-refractivity contribution in [2.75, 3.05) is 24.5 Å². The Morgan fingerprint density at radius 2 is 2.21 bits per heavy atom. The summed E-state index contributed by atoms with van der Waals surface area (Å²) in [5, 5.41) is 4.27. The molecular weight excluding hydrogens is 240 g/mol. The molecule has 19 heavy (non-hydrogen) atoms. The Morgan fingerprint density at radius 3 is 2.89 bits per heavy atom. The van der Waals surface area contributed by atoms with E-state index in [0.717, 1.165) is 31.0 Å². The van der Waals surface area contributed by atoms with E-state index in [9.17, 15) is 0 Å². The lowest BCUT2D eigenvalue weighted by Crippen LogP contribution is -2.32. The molecule has 2 heterocycles. The van der Waals surface area contributed by atoms with Gasteiger partial charge in [-0.25, -0.2) is 4.98 Å². The van der Waals surface area contributed by atoms with E-state index in [1.165, 1.54) is 0 Å². The van der Waals surface area contributed by atoms with Crippen LogP contribution >= 0.6 is 0 Å². The van der Waals surface area contributed by atoms with Crippen LogP contribution in [0.2, 0.25) is 0 Å². The Labute approximate surface area is 113 Å². The number of anilines is 1. The molecule has 0 amide bonds. The van der Waals surface area contributed by atoms with E-state index >= 15 is 0 Å². The molecule has 2 N–H and O–H groups in total. The topological polar surface area (TPSA) is 72.3 Å². The number of aryl methyl sites for hydroxylation is 1. The van der Waals surface area contributed by atoms with Crippen LogP contribution in [0.4, 0.5) is 5.82 Å². The fourth-order valence-electron chi connectivity index (χ4n) is 2.16. The van der Waals surface area contributed by atoms with Gasteiger partial charge in [0.05, 0.1) is 0 Å². The summed E-state index contributed by atoms with van der Waals surface area (Å²) in [5.74, 6) is 2.27. The molecule has 0 aliphatic heterocycles. The van der Waals surface area contributed by atoms with Crippen molar-refractivity contribution in [2.45, 2.75) is 27.2 Å². The molecule has 0 atom stereocenters. The van der Waals surface area contributed by atoms with Crippen molar-refractivity contribution in [1.82, 2.24) is 19.6 Å². The van der Waals surface area contributed by atoms with Crippen molar-refractivity contribution >= 4 is 11.6 Å². The first-order chi connectivity index (χ1) is 9.11. The van der Waals surface area contributed by atoms with Gasteiger partial charge in [0.25, 0.3) is 5.78 Å². The van der Waals surface area contributed by atoms with Crippen LogP contribution in [0.25, 0.3) is 5.78 Å². The van der Waals surface area contributed by atoms with Crippen LogP contribution in [0.5, 0.6) is 0 Å². The van der Waals surface area contributed by atoms with Crippen LogP contribution in [-0.4, -0.2) is 39.2 Å². The van der Waals surface area contributed by atoms with Gasteiger partial charge in [0.2, 0.25) is 0 Å². The van der Waals surface area contributed by atoms with Gasteiger partial charge < -0.3 is 10.6 Å². The molecule has 2 rings (SSSR count). The maximum Gasteiger partial charge on any atom is 0.254 e. The van der Waals surface area contributed by atoms with Gasteiger partial charge >= 0.3 is 0 Å². The second-order valence-electron chi connectivity index (χ2n) is 5.21. The quantitative estimate of drug-likeness (QED) is 0.848. The Balaban J connectivity index is 2.38. The zero-order valence-corrected chi connectivity index (χ0v) is 11.9. The van der Waals surface area contributed by atoms with Crippen LogP contribution in [0.15, 0.2) is 12.4 Å². The number of nitrogens with zero attached hydrogens (tertiary/aromatic N) is 5. The van der Waals surface area contributed by atoms with E-state index in [0.29, 0.717) is 18.2 Å². The van der Waals surface area contributed by atoms with E-state index in [1.807, 2.05) is 6.92 Å². The standard InChI is InChI=1S/C13H22N6/c1-10(2)8-18(6-4-5-14)12-7-11(3)17-13-15-9-16-19(12)13/h7,9-10H,4-6,8,14H2,1-3H3. The molecule has 0 aliphatic carbocycles. The number of rotatable bonds is 6. The maximum atomic E-state index is 5.63. The maximum absolute atomic E-state index is 5.63. The fourth-order valence-corrected chi connectivity index (χ4v) is 2.16. The fraction of sp³-hybridized carbons (Fsp3) is 0.615. The minimum absolute atomic E-state index is 0.574. The smallest absolute Gasteiger partial charge is 0.254 e. The molecule has 0 radical (unpaired) electrons. The van der Waals surface area contributed by atoms with Gasteiger partial charge in [0.1, 0.15) is 12.1 Å². The van der Waals surface area contributed by atoms with E-state index in [1.54, 1.807) is 10.8 Å². The molecule has 6 nitrogen and oxygen atoms in total. The summed E-state index contributed by atoms with van der Waals surface area (Å²) in [7, 11) is 0. The molecule has 0 spiro atoms. The number of aromatic nitrogens is 4. The van der Waals surface area contributed by atoms with Crippen LogP contribution in [0, 0.1) is 12.8 Å². The van der Waals surface area contributed by atoms with E-state index in [-0.39, 0.29) is 0 Å². The second-order valence-corrected chi connectivity index (χ2v) is 5.21. The van der Waals surface area contributed by atoms with Crippen molar-refractivity contribution in [3.63, 3.8) is 0 Å². The SMILES string of the molecule is Cc1cc(N(CCCN)CC(C)C)n2ncnc2n1. The number of hydrogen-bond acceptors (Lipinski definition) is 5. The highest BCUT2D eigenvalue weighted by Gasteiger charge is 2.14. The van der Waals surface area contributed by atoms with Crippen LogP contribution < -0.4 is 10.6 Å². The van der Waals surface area contributed by atoms with Crippen molar-refractivity contribution < 1.29 is 0 Å². The van der Waals surface area contributed by atoms with Gasteiger partial charge in [0.15, 0.2) is 0 Å². The zero-order chi connectivity index (χ0) is 13.8. The highest BCUT2D eigenvalue weighted by molar-refractivity contribution is 5.47. The average molecular weight is 262 g/mol. The van der Waals surface area contributed by atoms with Gasteiger partial charge in [0, 0.05) is 24.8 Å². The van der Waals surface area contributed by atoms with Gasteiger partial charge in [-0.05, 0) is 25.8 Å². The Bertz CT molecular complexity index is 533. The van der Waals surface area contributed by atoms with Crippen molar-refractivity contribution in [3.8, 4) is 0 Å². The summed E-state index contributed by atoms with van der Waals surface area (Å²) in [6.07, 6.45) is 2.51. The predicted molar refractivity (Wildman–Crippen MR) is 76.2 cm³/mol. The Morgan fingerprint density at radius 1 is 1.42 bits per heavy atom. The third-order valence-electron chi connectivity index (χ3n) is 2.90. The lowest BCUT2D eigenvalue weighted by Gasteiger charge is -2.26. The largest absolute Gasteiger partial charge is 0.356 e. The van der Waals surface area contributed by atoms with Crippen LogP contribution in [-0.2, 0) is 0 Å². The highest BCUT2D eigenvalue weighted by atomic mass is 15.4. The molecule has 0 fully saturated rings. The summed E-state index contributed by atoms with van der Waals surface area (Å²) in [6.45, 7) is 8.99. The summed E-state index contributed by atoms with van der Waals surface area (Å²) in [5.41, 5.74) is 6.59. The van der Waals surface area contributed by atoms with Gasteiger partial charge in [-0.3, -0.25) is 0 Å². The predicted octanol–water partition coefficient (Wildman–Crippen LogP) is 1.24.